The largest absolute Gasteiger partial charge is 0.464 e. The van der Waals surface area contributed by atoms with Crippen molar-refractivity contribution in [3.05, 3.63) is 18.1 Å². The zero-order valence-electron chi connectivity index (χ0n) is 10.2. The Morgan fingerprint density at radius 2 is 2.39 bits per heavy atom. The molecule has 0 aliphatic carbocycles. The lowest BCUT2D eigenvalue weighted by Gasteiger charge is -2.24. The standard InChI is InChI=1S/C12H14N4O2/c1-2-18-12(17)10-4-3-7-16(10)11-9(8-13)14-5-6-15-11/h5-6,10H,2-4,7H2,1H3. The normalized spacial score (nSPS) is 18.4. The van der Waals surface area contributed by atoms with E-state index in [1.165, 1.54) is 12.4 Å². The van der Waals surface area contributed by atoms with Crippen LogP contribution in [0, 0.1) is 11.3 Å². The molecule has 1 fully saturated rings. The van der Waals surface area contributed by atoms with E-state index in [2.05, 4.69) is 9.97 Å². The summed E-state index contributed by atoms with van der Waals surface area (Å²) in [6.45, 7) is 2.83. The highest BCUT2D eigenvalue weighted by Crippen LogP contribution is 2.26. The SMILES string of the molecule is CCOC(=O)C1CCCN1c1nccnc1C#N. The Morgan fingerprint density at radius 3 is 3.11 bits per heavy atom. The maximum absolute atomic E-state index is 11.8. The van der Waals surface area contributed by atoms with E-state index < -0.39 is 0 Å². The Morgan fingerprint density at radius 1 is 1.61 bits per heavy atom. The van der Waals surface area contributed by atoms with Crippen LogP contribution in [0.25, 0.3) is 0 Å². The van der Waals surface area contributed by atoms with Gasteiger partial charge in [0.2, 0.25) is 0 Å². The number of aromatic nitrogens is 2. The third kappa shape index (κ3) is 2.25. The molecule has 94 valence electrons. The van der Waals surface area contributed by atoms with Crippen molar-refractivity contribution in [1.82, 2.24) is 9.97 Å². The number of hydrogen-bond acceptors (Lipinski definition) is 6. The van der Waals surface area contributed by atoms with Gasteiger partial charge in [-0.1, -0.05) is 0 Å². The highest BCUT2D eigenvalue weighted by atomic mass is 16.5. The molecular formula is C12H14N4O2. The van der Waals surface area contributed by atoms with Gasteiger partial charge in [0.1, 0.15) is 12.1 Å². The summed E-state index contributed by atoms with van der Waals surface area (Å²) in [6.07, 6.45) is 4.60. The Bertz CT molecular complexity index is 483. The summed E-state index contributed by atoms with van der Waals surface area (Å²) in [5, 5.41) is 9.01. The quantitative estimate of drug-likeness (QED) is 0.736. The number of carbonyl (C=O) groups excluding carboxylic acids is 1. The molecule has 0 amide bonds. The van der Waals surface area contributed by atoms with Gasteiger partial charge >= 0.3 is 5.97 Å². The molecule has 0 radical (unpaired) electrons. The number of hydrogen-bond donors (Lipinski definition) is 0. The van der Waals surface area contributed by atoms with E-state index in [4.69, 9.17) is 10.00 Å². The van der Waals surface area contributed by atoms with Crippen molar-refractivity contribution in [1.29, 1.82) is 5.26 Å². The van der Waals surface area contributed by atoms with Gasteiger partial charge in [-0.2, -0.15) is 5.26 Å². The molecule has 6 heteroatoms. The van der Waals surface area contributed by atoms with Gasteiger partial charge in [0.25, 0.3) is 0 Å². The van der Waals surface area contributed by atoms with E-state index in [1.54, 1.807) is 6.92 Å². The van der Waals surface area contributed by atoms with Crippen LogP contribution in [0.5, 0.6) is 0 Å². The van der Waals surface area contributed by atoms with E-state index in [0.29, 0.717) is 19.0 Å². The molecule has 0 saturated carbocycles. The molecule has 0 bridgehead atoms. The molecule has 18 heavy (non-hydrogen) atoms. The third-order valence-electron chi connectivity index (χ3n) is 2.87. The zero-order valence-corrected chi connectivity index (χ0v) is 10.2. The van der Waals surface area contributed by atoms with Crippen LogP contribution >= 0.6 is 0 Å². The van der Waals surface area contributed by atoms with Crippen molar-refractivity contribution < 1.29 is 9.53 Å². The van der Waals surface area contributed by atoms with E-state index in [1.807, 2.05) is 11.0 Å². The van der Waals surface area contributed by atoms with Gasteiger partial charge in [0.05, 0.1) is 6.61 Å². The number of esters is 1. The molecule has 2 rings (SSSR count). The van der Waals surface area contributed by atoms with Crippen LogP contribution in [0.1, 0.15) is 25.5 Å². The van der Waals surface area contributed by atoms with Crippen LogP contribution in [-0.4, -0.2) is 35.1 Å². The molecule has 1 aliphatic rings. The summed E-state index contributed by atoms with van der Waals surface area (Å²) in [5.74, 6) is 0.208. The summed E-state index contributed by atoms with van der Waals surface area (Å²) in [4.78, 5) is 21.8. The fourth-order valence-corrected chi connectivity index (χ4v) is 2.12. The number of nitrogens with zero attached hydrogens (tertiary/aromatic N) is 4. The lowest BCUT2D eigenvalue weighted by molar-refractivity contribution is -0.144. The smallest absolute Gasteiger partial charge is 0.328 e. The van der Waals surface area contributed by atoms with Gasteiger partial charge in [-0.05, 0) is 19.8 Å². The highest BCUT2D eigenvalue weighted by Gasteiger charge is 2.34. The van der Waals surface area contributed by atoms with Crippen molar-refractivity contribution in [2.75, 3.05) is 18.1 Å². The fraction of sp³-hybridized carbons (Fsp3) is 0.500. The summed E-state index contributed by atoms with van der Waals surface area (Å²) in [7, 11) is 0. The van der Waals surface area contributed by atoms with Crippen molar-refractivity contribution in [2.24, 2.45) is 0 Å². The number of nitriles is 1. The second-order valence-corrected chi connectivity index (χ2v) is 3.94. The fourth-order valence-electron chi connectivity index (χ4n) is 2.12. The van der Waals surface area contributed by atoms with Crippen molar-refractivity contribution >= 4 is 11.8 Å². The second-order valence-electron chi connectivity index (χ2n) is 3.94. The van der Waals surface area contributed by atoms with E-state index in [0.717, 1.165) is 12.8 Å². The van der Waals surface area contributed by atoms with Crippen LogP contribution in [0.4, 0.5) is 5.82 Å². The highest BCUT2D eigenvalue weighted by molar-refractivity contribution is 5.80. The Hall–Kier alpha value is -2.16. The van der Waals surface area contributed by atoms with Crippen molar-refractivity contribution in [3.63, 3.8) is 0 Å². The van der Waals surface area contributed by atoms with Crippen LogP contribution in [-0.2, 0) is 9.53 Å². The number of carbonyl (C=O) groups is 1. The maximum Gasteiger partial charge on any atom is 0.328 e. The van der Waals surface area contributed by atoms with Gasteiger partial charge in [0.15, 0.2) is 11.5 Å². The first kappa shape index (κ1) is 12.3. The van der Waals surface area contributed by atoms with Crippen LogP contribution in [0.15, 0.2) is 12.4 Å². The minimum Gasteiger partial charge on any atom is -0.464 e. The second kappa shape index (κ2) is 5.45. The summed E-state index contributed by atoms with van der Waals surface area (Å²) in [6, 6.07) is 1.64. The lowest BCUT2D eigenvalue weighted by atomic mass is 10.2. The Labute approximate surface area is 105 Å². The van der Waals surface area contributed by atoms with Gasteiger partial charge in [0, 0.05) is 18.9 Å². The summed E-state index contributed by atoms with van der Waals surface area (Å²) < 4.78 is 5.04. The van der Waals surface area contributed by atoms with Gasteiger partial charge in [-0.25, -0.2) is 14.8 Å². The summed E-state index contributed by atoms with van der Waals surface area (Å²) in [5.41, 5.74) is 0.244. The topological polar surface area (TPSA) is 79.1 Å². The molecule has 1 saturated heterocycles. The van der Waals surface area contributed by atoms with Crippen LogP contribution in [0.3, 0.4) is 0 Å². The number of anilines is 1. The average molecular weight is 246 g/mol. The molecule has 0 N–H and O–H groups in total. The first-order valence-electron chi connectivity index (χ1n) is 5.92. The number of rotatable bonds is 3. The molecule has 0 spiro atoms. The first-order valence-corrected chi connectivity index (χ1v) is 5.92. The minimum atomic E-state index is -0.353. The minimum absolute atomic E-state index is 0.244. The van der Waals surface area contributed by atoms with E-state index in [9.17, 15) is 4.79 Å². The molecule has 1 atom stereocenters. The van der Waals surface area contributed by atoms with Crippen LogP contribution in [0.2, 0.25) is 0 Å². The van der Waals surface area contributed by atoms with Crippen molar-refractivity contribution in [3.8, 4) is 6.07 Å². The van der Waals surface area contributed by atoms with E-state index >= 15 is 0 Å². The number of ether oxygens (including phenoxy) is 1. The first-order chi connectivity index (χ1) is 8.77. The predicted octanol–water partition coefficient (Wildman–Crippen LogP) is 0.880. The maximum atomic E-state index is 11.8. The van der Waals surface area contributed by atoms with Gasteiger partial charge < -0.3 is 9.64 Å². The molecule has 1 unspecified atom stereocenters. The monoisotopic (exact) mass is 246 g/mol. The predicted molar refractivity (Wildman–Crippen MR) is 63.7 cm³/mol. The molecule has 0 aromatic carbocycles. The van der Waals surface area contributed by atoms with E-state index in [-0.39, 0.29) is 17.7 Å². The zero-order chi connectivity index (χ0) is 13.0. The third-order valence-corrected chi connectivity index (χ3v) is 2.87. The van der Waals surface area contributed by atoms with Gasteiger partial charge in [-0.15, -0.1) is 0 Å². The molecular weight excluding hydrogens is 232 g/mol. The molecule has 1 aromatic heterocycles. The summed E-state index contributed by atoms with van der Waals surface area (Å²) >= 11 is 0. The molecule has 2 heterocycles. The lowest BCUT2D eigenvalue weighted by Crippen LogP contribution is -2.38. The molecule has 1 aromatic rings. The van der Waals surface area contributed by atoms with Gasteiger partial charge in [-0.3, -0.25) is 0 Å². The Kier molecular flexibility index (Phi) is 3.72. The Balaban J connectivity index is 2.26. The van der Waals surface area contributed by atoms with Crippen molar-refractivity contribution in [2.45, 2.75) is 25.8 Å². The average Bonchev–Trinajstić information content (AvgIpc) is 2.88. The molecule has 6 nitrogen and oxygen atoms in total. The van der Waals surface area contributed by atoms with Crippen LogP contribution < -0.4 is 4.90 Å². The molecule has 1 aliphatic heterocycles.